The van der Waals surface area contributed by atoms with Gasteiger partial charge in [0.25, 0.3) is 0 Å². The maximum atomic E-state index is 13.2. The highest BCUT2D eigenvalue weighted by molar-refractivity contribution is 5.50. The zero-order valence-corrected chi connectivity index (χ0v) is 15.4. The maximum absolute atomic E-state index is 13.2. The number of imidazole rings is 1. The van der Waals surface area contributed by atoms with Crippen LogP contribution in [0.25, 0.3) is 5.52 Å². The van der Waals surface area contributed by atoms with Gasteiger partial charge >= 0.3 is 0 Å². The smallest absolute Gasteiger partial charge is 0.123 e. The van der Waals surface area contributed by atoms with Crippen LogP contribution in [0.1, 0.15) is 73.3 Å². The summed E-state index contributed by atoms with van der Waals surface area (Å²) < 4.78 is 15.3. The van der Waals surface area contributed by atoms with Crippen molar-refractivity contribution in [2.45, 2.75) is 56.5 Å². The predicted octanol–water partition coefficient (Wildman–Crippen LogP) is 5.36. The third-order valence-corrected chi connectivity index (χ3v) is 6.51. The number of aliphatic hydroxyl groups excluding tert-OH is 1. The van der Waals surface area contributed by atoms with Crippen molar-refractivity contribution in [1.29, 1.82) is 0 Å². The molecular formula is C23H25FN2O. The van der Waals surface area contributed by atoms with Crippen molar-refractivity contribution in [3.63, 3.8) is 0 Å². The van der Waals surface area contributed by atoms with Crippen LogP contribution in [0.4, 0.5) is 4.39 Å². The molecule has 140 valence electrons. The molecule has 5 rings (SSSR count). The van der Waals surface area contributed by atoms with E-state index in [1.807, 2.05) is 24.7 Å². The summed E-state index contributed by atoms with van der Waals surface area (Å²) in [6, 6.07) is 11.2. The van der Waals surface area contributed by atoms with E-state index in [9.17, 15) is 9.50 Å². The molecule has 2 aromatic heterocycles. The number of benzene rings is 1. The Bertz CT molecular complexity index is 937. The molecule has 2 aliphatic rings. The summed E-state index contributed by atoms with van der Waals surface area (Å²) >= 11 is 0. The van der Waals surface area contributed by atoms with Crippen LogP contribution in [-0.4, -0.2) is 14.5 Å². The van der Waals surface area contributed by atoms with E-state index in [1.54, 1.807) is 12.1 Å². The molecule has 0 aliphatic heterocycles. The number of aliphatic hydroxyl groups is 1. The highest BCUT2D eigenvalue weighted by Gasteiger charge is 2.34. The van der Waals surface area contributed by atoms with Gasteiger partial charge in [0.1, 0.15) is 5.82 Å². The Morgan fingerprint density at radius 2 is 1.63 bits per heavy atom. The van der Waals surface area contributed by atoms with Gasteiger partial charge in [-0.25, -0.2) is 9.37 Å². The molecule has 2 fully saturated rings. The Kier molecular flexibility index (Phi) is 4.24. The van der Waals surface area contributed by atoms with Crippen molar-refractivity contribution in [3.8, 4) is 0 Å². The van der Waals surface area contributed by atoms with Crippen molar-refractivity contribution in [2.75, 3.05) is 0 Å². The predicted molar refractivity (Wildman–Crippen MR) is 103 cm³/mol. The van der Waals surface area contributed by atoms with E-state index < -0.39 is 6.10 Å². The van der Waals surface area contributed by atoms with Crippen LogP contribution in [0.5, 0.6) is 0 Å². The fraction of sp³-hybridized carbons (Fsp3) is 0.435. The molecule has 0 radical (unpaired) electrons. The summed E-state index contributed by atoms with van der Waals surface area (Å²) in [7, 11) is 0. The molecule has 0 spiro atoms. The number of nitrogens with zero attached hydrogens (tertiary/aromatic N) is 2. The largest absolute Gasteiger partial charge is 0.387 e. The topological polar surface area (TPSA) is 37.5 Å². The second-order valence-electron chi connectivity index (χ2n) is 8.24. The number of rotatable bonds is 4. The molecular weight excluding hydrogens is 339 g/mol. The summed E-state index contributed by atoms with van der Waals surface area (Å²) in [5, 5.41) is 11.3. The Labute approximate surface area is 158 Å². The first-order valence-corrected chi connectivity index (χ1v) is 10.1. The Hall–Kier alpha value is -2.20. The highest BCUT2D eigenvalue weighted by Crippen LogP contribution is 2.47. The minimum absolute atomic E-state index is 0.177. The van der Waals surface area contributed by atoms with E-state index in [0.717, 1.165) is 36.9 Å². The standard InChI is InChI=1S/C23H25FN2O/c24-19-9-7-16(8-10-19)15-1-5-18(6-2-15)23(27)22-21(17-3-4-17)12-11-20-13-25-14-26(20)22/h7-15,17-18,23,27H,1-6H2. The Balaban J connectivity index is 1.37. The fourth-order valence-electron chi connectivity index (χ4n) is 4.81. The average Bonchev–Trinajstić information content (AvgIpc) is 3.44. The summed E-state index contributed by atoms with van der Waals surface area (Å²) in [5.74, 6) is 1.16. The minimum atomic E-state index is -0.451. The lowest BCUT2D eigenvalue weighted by Gasteiger charge is -2.33. The van der Waals surface area contributed by atoms with Crippen LogP contribution in [-0.2, 0) is 0 Å². The number of halogens is 1. The van der Waals surface area contributed by atoms with Gasteiger partial charge in [0.2, 0.25) is 0 Å². The molecule has 0 bridgehead atoms. The molecule has 4 heteroatoms. The van der Waals surface area contributed by atoms with Gasteiger partial charge in [0, 0.05) is 0 Å². The molecule has 0 saturated heterocycles. The van der Waals surface area contributed by atoms with Crippen LogP contribution in [0.3, 0.4) is 0 Å². The first-order valence-electron chi connectivity index (χ1n) is 10.1. The van der Waals surface area contributed by atoms with Gasteiger partial charge in [-0.2, -0.15) is 0 Å². The Morgan fingerprint density at radius 1 is 0.926 bits per heavy atom. The summed E-state index contributed by atoms with van der Waals surface area (Å²) in [6.45, 7) is 0. The zero-order chi connectivity index (χ0) is 18.4. The van der Waals surface area contributed by atoms with Gasteiger partial charge in [-0.3, -0.25) is 0 Å². The first-order chi connectivity index (χ1) is 13.2. The first kappa shape index (κ1) is 16.9. The second kappa shape index (κ2) is 6.75. The van der Waals surface area contributed by atoms with E-state index in [1.165, 1.54) is 24.0 Å². The quantitative estimate of drug-likeness (QED) is 0.677. The summed E-state index contributed by atoms with van der Waals surface area (Å²) in [5.41, 5.74) is 4.62. The molecule has 2 heterocycles. The van der Waals surface area contributed by atoms with E-state index in [0.29, 0.717) is 11.8 Å². The number of pyridine rings is 1. The lowest BCUT2D eigenvalue weighted by molar-refractivity contribution is 0.0754. The lowest BCUT2D eigenvalue weighted by Crippen LogP contribution is -2.22. The molecule has 1 aromatic carbocycles. The number of aromatic nitrogens is 2. The van der Waals surface area contributed by atoms with Gasteiger partial charge < -0.3 is 9.51 Å². The maximum Gasteiger partial charge on any atom is 0.123 e. The van der Waals surface area contributed by atoms with Crippen LogP contribution in [0.2, 0.25) is 0 Å². The number of hydrogen-bond acceptors (Lipinski definition) is 2. The van der Waals surface area contributed by atoms with Crippen molar-refractivity contribution in [2.24, 2.45) is 5.92 Å². The monoisotopic (exact) mass is 364 g/mol. The minimum Gasteiger partial charge on any atom is -0.387 e. The van der Waals surface area contributed by atoms with Gasteiger partial charge in [-0.05, 0) is 85.6 Å². The third kappa shape index (κ3) is 3.16. The van der Waals surface area contributed by atoms with E-state index in [4.69, 9.17) is 0 Å². The molecule has 3 nitrogen and oxygen atoms in total. The summed E-state index contributed by atoms with van der Waals surface area (Å²) in [4.78, 5) is 4.29. The Morgan fingerprint density at radius 3 is 2.33 bits per heavy atom. The molecule has 0 amide bonds. The van der Waals surface area contributed by atoms with Crippen molar-refractivity contribution in [1.82, 2.24) is 9.38 Å². The molecule has 3 aromatic rings. The number of hydrogen-bond donors (Lipinski definition) is 1. The van der Waals surface area contributed by atoms with Crippen molar-refractivity contribution < 1.29 is 9.50 Å². The van der Waals surface area contributed by atoms with Gasteiger partial charge in [-0.15, -0.1) is 0 Å². The lowest BCUT2D eigenvalue weighted by atomic mass is 9.75. The van der Waals surface area contributed by atoms with E-state index >= 15 is 0 Å². The number of fused-ring (bicyclic) bond motifs is 1. The van der Waals surface area contributed by atoms with Gasteiger partial charge in [-0.1, -0.05) is 18.2 Å². The second-order valence-corrected chi connectivity index (χ2v) is 8.24. The average molecular weight is 364 g/mol. The van der Waals surface area contributed by atoms with Gasteiger partial charge in [0.05, 0.1) is 29.8 Å². The molecule has 27 heavy (non-hydrogen) atoms. The highest BCUT2D eigenvalue weighted by atomic mass is 19.1. The van der Waals surface area contributed by atoms with Crippen LogP contribution < -0.4 is 0 Å². The molecule has 2 saturated carbocycles. The molecule has 1 atom stereocenters. The van der Waals surface area contributed by atoms with Crippen molar-refractivity contribution in [3.05, 3.63) is 71.6 Å². The van der Waals surface area contributed by atoms with E-state index in [-0.39, 0.29) is 11.7 Å². The van der Waals surface area contributed by atoms with Crippen LogP contribution in [0.15, 0.2) is 48.9 Å². The normalized spacial score (nSPS) is 24.2. The zero-order valence-electron chi connectivity index (χ0n) is 15.4. The molecule has 1 N–H and O–H groups in total. The molecule has 2 aliphatic carbocycles. The van der Waals surface area contributed by atoms with Crippen molar-refractivity contribution >= 4 is 5.52 Å². The SMILES string of the molecule is OC(c1c(C2CC2)ccc2cncn12)C1CCC(c2ccc(F)cc2)CC1. The van der Waals surface area contributed by atoms with E-state index in [2.05, 4.69) is 21.5 Å². The summed E-state index contributed by atoms with van der Waals surface area (Å²) in [6.07, 6.45) is 9.78. The van der Waals surface area contributed by atoms with Gasteiger partial charge in [0.15, 0.2) is 0 Å². The van der Waals surface area contributed by atoms with Crippen LogP contribution >= 0.6 is 0 Å². The fourth-order valence-corrected chi connectivity index (χ4v) is 4.81. The molecule has 1 unspecified atom stereocenters. The van der Waals surface area contributed by atoms with Crippen LogP contribution in [0, 0.1) is 11.7 Å². The third-order valence-electron chi connectivity index (χ3n) is 6.51.